The molecular weight excluding hydrogens is 268 g/mol. The molecule has 22 heavy (non-hydrogen) atoms. The molecule has 3 rings (SSSR count). The molecule has 0 fully saturated rings. The Morgan fingerprint density at radius 3 is 1.18 bits per heavy atom. The van der Waals surface area contributed by atoms with Crippen LogP contribution in [0.25, 0.3) is 0 Å². The Balaban J connectivity index is 2.29. The van der Waals surface area contributed by atoms with Crippen molar-refractivity contribution in [3.63, 3.8) is 0 Å². The zero-order chi connectivity index (χ0) is 15.3. The third-order valence-corrected chi connectivity index (χ3v) is 3.86. The molecule has 0 N–H and O–H groups in total. The van der Waals surface area contributed by atoms with Gasteiger partial charge in [0, 0.05) is 6.61 Å². The van der Waals surface area contributed by atoms with E-state index in [4.69, 9.17) is 4.74 Å². The quantitative estimate of drug-likeness (QED) is 0.611. The van der Waals surface area contributed by atoms with Gasteiger partial charge in [0.25, 0.3) is 0 Å². The van der Waals surface area contributed by atoms with Crippen molar-refractivity contribution < 1.29 is 4.74 Å². The van der Waals surface area contributed by atoms with E-state index in [0.717, 1.165) is 16.7 Å². The van der Waals surface area contributed by atoms with E-state index in [0.29, 0.717) is 6.61 Å². The van der Waals surface area contributed by atoms with Gasteiger partial charge in [-0.15, -0.1) is 0 Å². The van der Waals surface area contributed by atoms with E-state index >= 15 is 0 Å². The fraction of sp³-hybridized carbons (Fsp3) is 0.0952. The zero-order valence-corrected chi connectivity index (χ0v) is 12.5. The number of hydrogen-bond acceptors (Lipinski definition) is 1. The van der Waals surface area contributed by atoms with Crippen LogP contribution in [0.4, 0.5) is 0 Å². The highest BCUT2D eigenvalue weighted by atomic mass is 16.5. The van der Waals surface area contributed by atoms with Crippen LogP contribution in [-0.2, 0) is 10.3 Å². The molecule has 0 aliphatic rings. The van der Waals surface area contributed by atoms with Gasteiger partial charge in [-0.3, -0.25) is 0 Å². The maximum atomic E-state index is 6.28. The van der Waals surface area contributed by atoms with Crippen LogP contribution in [0.5, 0.6) is 0 Å². The lowest BCUT2D eigenvalue weighted by Crippen LogP contribution is -2.32. The van der Waals surface area contributed by atoms with Crippen molar-refractivity contribution in [3.05, 3.63) is 115 Å². The zero-order valence-electron chi connectivity index (χ0n) is 12.5. The van der Waals surface area contributed by atoms with E-state index in [1.807, 2.05) is 54.6 Å². The van der Waals surface area contributed by atoms with Crippen molar-refractivity contribution >= 4 is 0 Å². The van der Waals surface area contributed by atoms with Gasteiger partial charge in [0.2, 0.25) is 0 Å². The second-order valence-electron chi connectivity index (χ2n) is 5.13. The molecule has 0 amide bonds. The fourth-order valence-electron chi connectivity index (χ4n) is 2.92. The molecule has 3 aromatic carbocycles. The number of benzene rings is 3. The Bertz CT molecular complexity index is 593. The maximum Gasteiger partial charge on any atom is 0.143 e. The molecule has 0 unspecified atom stereocenters. The van der Waals surface area contributed by atoms with Gasteiger partial charge in [-0.05, 0) is 23.6 Å². The molecule has 3 aromatic rings. The van der Waals surface area contributed by atoms with Crippen LogP contribution in [0.15, 0.2) is 91.0 Å². The third kappa shape index (κ3) is 2.56. The minimum atomic E-state index is -0.633. The highest BCUT2D eigenvalue weighted by molar-refractivity contribution is 5.47. The van der Waals surface area contributed by atoms with Crippen molar-refractivity contribution in [1.29, 1.82) is 0 Å². The summed E-state index contributed by atoms with van der Waals surface area (Å²) >= 11 is 0. The fourth-order valence-corrected chi connectivity index (χ4v) is 2.92. The summed E-state index contributed by atoms with van der Waals surface area (Å²) in [4.78, 5) is 0. The Kier molecular flexibility index (Phi) is 4.36. The van der Waals surface area contributed by atoms with E-state index in [-0.39, 0.29) is 0 Å². The number of ether oxygens (including phenoxy) is 1. The number of rotatable bonds is 5. The first kappa shape index (κ1) is 14.6. The van der Waals surface area contributed by atoms with Gasteiger partial charge >= 0.3 is 0 Å². The van der Waals surface area contributed by atoms with Crippen molar-refractivity contribution in [3.8, 4) is 0 Å². The third-order valence-electron chi connectivity index (χ3n) is 3.86. The molecular formula is C21H19O. The lowest BCUT2D eigenvalue weighted by Gasteiger charge is -2.35. The second-order valence-corrected chi connectivity index (χ2v) is 5.13. The molecule has 0 atom stereocenters. The van der Waals surface area contributed by atoms with Crippen LogP contribution < -0.4 is 0 Å². The Hall–Kier alpha value is -2.38. The lowest BCUT2D eigenvalue weighted by atomic mass is 9.80. The van der Waals surface area contributed by atoms with Crippen LogP contribution in [0, 0.1) is 6.92 Å². The topological polar surface area (TPSA) is 9.23 Å². The predicted octanol–water partition coefficient (Wildman–Crippen LogP) is 4.83. The average molecular weight is 287 g/mol. The van der Waals surface area contributed by atoms with Gasteiger partial charge in [0.1, 0.15) is 5.60 Å². The number of hydrogen-bond donors (Lipinski definition) is 0. The van der Waals surface area contributed by atoms with E-state index < -0.39 is 5.60 Å². The van der Waals surface area contributed by atoms with Crippen molar-refractivity contribution in [2.24, 2.45) is 0 Å². The highest BCUT2D eigenvalue weighted by Crippen LogP contribution is 2.40. The summed E-state index contributed by atoms with van der Waals surface area (Å²) in [6, 6.07) is 31.0. The molecule has 0 aliphatic heterocycles. The SMILES string of the molecule is [CH2]COC(c1ccccc1)(c1ccccc1)c1ccccc1. The van der Waals surface area contributed by atoms with E-state index in [1.165, 1.54) is 0 Å². The second kappa shape index (κ2) is 6.59. The van der Waals surface area contributed by atoms with E-state index in [1.54, 1.807) is 0 Å². The Labute approximate surface area is 132 Å². The molecule has 0 saturated heterocycles. The summed E-state index contributed by atoms with van der Waals surface area (Å²) in [5.74, 6) is 0. The molecule has 1 nitrogen and oxygen atoms in total. The Morgan fingerprint density at radius 2 is 0.909 bits per heavy atom. The molecule has 0 saturated carbocycles. The first-order chi connectivity index (χ1) is 10.9. The van der Waals surface area contributed by atoms with Crippen molar-refractivity contribution in [2.45, 2.75) is 5.60 Å². The standard InChI is InChI=1S/C21H19O/c1-2-22-21(18-12-6-3-7-13-18,19-14-8-4-9-15-19)20-16-10-5-11-17-20/h3-17H,1-2H2. The van der Waals surface area contributed by atoms with Crippen LogP contribution in [0.1, 0.15) is 16.7 Å². The molecule has 1 radical (unpaired) electrons. The van der Waals surface area contributed by atoms with Gasteiger partial charge < -0.3 is 4.74 Å². The summed E-state index contributed by atoms with van der Waals surface area (Å²) in [6.45, 7) is 4.31. The van der Waals surface area contributed by atoms with Crippen LogP contribution in [-0.4, -0.2) is 6.61 Å². The molecule has 1 heteroatoms. The molecule has 0 aliphatic carbocycles. The summed E-state index contributed by atoms with van der Waals surface area (Å²) in [6.07, 6.45) is 0. The smallest absolute Gasteiger partial charge is 0.143 e. The first-order valence-electron chi connectivity index (χ1n) is 7.47. The van der Waals surface area contributed by atoms with Crippen molar-refractivity contribution in [1.82, 2.24) is 0 Å². The molecule has 0 aromatic heterocycles. The normalized spacial score (nSPS) is 11.3. The van der Waals surface area contributed by atoms with Crippen molar-refractivity contribution in [2.75, 3.05) is 6.61 Å². The van der Waals surface area contributed by atoms with Gasteiger partial charge in [0.05, 0.1) is 0 Å². The molecule has 0 spiro atoms. The summed E-state index contributed by atoms with van der Waals surface area (Å²) < 4.78 is 6.28. The van der Waals surface area contributed by atoms with Crippen LogP contribution in [0.2, 0.25) is 0 Å². The maximum absolute atomic E-state index is 6.28. The highest BCUT2D eigenvalue weighted by Gasteiger charge is 2.36. The largest absolute Gasteiger partial charge is 0.361 e. The summed E-state index contributed by atoms with van der Waals surface area (Å²) in [5, 5.41) is 0. The predicted molar refractivity (Wildman–Crippen MR) is 90.5 cm³/mol. The monoisotopic (exact) mass is 287 g/mol. The van der Waals surface area contributed by atoms with Gasteiger partial charge in [-0.1, -0.05) is 91.0 Å². The van der Waals surface area contributed by atoms with Gasteiger partial charge in [0.15, 0.2) is 0 Å². The van der Waals surface area contributed by atoms with E-state index in [2.05, 4.69) is 43.3 Å². The first-order valence-corrected chi connectivity index (χ1v) is 7.47. The Morgan fingerprint density at radius 1 is 0.591 bits per heavy atom. The average Bonchev–Trinajstić information content (AvgIpc) is 2.62. The summed E-state index contributed by atoms with van der Waals surface area (Å²) in [5.41, 5.74) is 2.69. The van der Waals surface area contributed by atoms with Gasteiger partial charge in [-0.2, -0.15) is 0 Å². The lowest BCUT2D eigenvalue weighted by molar-refractivity contribution is 0.0309. The van der Waals surface area contributed by atoms with Gasteiger partial charge in [-0.25, -0.2) is 0 Å². The minimum absolute atomic E-state index is 0.388. The molecule has 0 heterocycles. The summed E-state index contributed by atoms with van der Waals surface area (Å²) in [7, 11) is 0. The molecule has 0 bridgehead atoms. The van der Waals surface area contributed by atoms with Crippen LogP contribution in [0.3, 0.4) is 0 Å². The molecule has 109 valence electrons. The van der Waals surface area contributed by atoms with E-state index in [9.17, 15) is 0 Å². The van der Waals surface area contributed by atoms with Crippen LogP contribution >= 0.6 is 0 Å². The minimum Gasteiger partial charge on any atom is -0.361 e.